The lowest BCUT2D eigenvalue weighted by Crippen LogP contribution is -2.36. The molecule has 0 unspecified atom stereocenters. The van der Waals surface area contributed by atoms with Gasteiger partial charge in [-0.15, -0.1) is 0 Å². The van der Waals surface area contributed by atoms with Gasteiger partial charge in [0.15, 0.2) is 0 Å². The van der Waals surface area contributed by atoms with E-state index < -0.39 is 0 Å². The molecule has 1 N–H and O–H groups in total. The van der Waals surface area contributed by atoms with Gasteiger partial charge in [0.2, 0.25) is 0 Å². The number of aromatic nitrogens is 2. The van der Waals surface area contributed by atoms with E-state index >= 15 is 0 Å². The van der Waals surface area contributed by atoms with E-state index in [0.717, 1.165) is 36.9 Å². The maximum atomic E-state index is 12.8. The van der Waals surface area contributed by atoms with Gasteiger partial charge in [-0.05, 0) is 43.2 Å². The number of hydrogen-bond donors (Lipinski definition) is 1. The third-order valence-electron chi connectivity index (χ3n) is 5.49. The lowest BCUT2D eigenvalue weighted by Gasteiger charge is -2.22. The van der Waals surface area contributed by atoms with Gasteiger partial charge in [-0.25, -0.2) is 4.68 Å². The number of rotatable bonds is 5. The second-order valence-electron chi connectivity index (χ2n) is 7.70. The van der Waals surface area contributed by atoms with E-state index in [1.54, 1.807) is 22.9 Å². The monoisotopic (exact) mass is 430 g/mol. The first kappa shape index (κ1) is 20.9. The highest BCUT2D eigenvalue weighted by atomic mass is 35.5. The number of amides is 1. The molecule has 0 spiro atoms. The van der Waals surface area contributed by atoms with Gasteiger partial charge in [0.05, 0.1) is 11.4 Å². The molecule has 156 valence electrons. The number of nitrogens with zero attached hydrogens (tertiary/aromatic N) is 3. The first-order valence-electron chi connectivity index (χ1n) is 10.5. The van der Waals surface area contributed by atoms with Crippen LogP contribution in [0.3, 0.4) is 0 Å². The largest absolute Gasteiger partial charge is 0.349 e. The molecule has 3 aromatic rings. The van der Waals surface area contributed by atoms with E-state index in [1.807, 2.05) is 48.7 Å². The van der Waals surface area contributed by atoms with E-state index in [9.17, 15) is 10.1 Å². The van der Waals surface area contributed by atoms with E-state index in [4.69, 9.17) is 16.7 Å². The number of halogens is 1. The molecular weight excluding hydrogens is 408 g/mol. The summed E-state index contributed by atoms with van der Waals surface area (Å²) < 4.78 is 1.75. The Labute approximate surface area is 187 Å². The normalized spacial score (nSPS) is 14.8. The Kier molecular flexibility index (Phi) is 6.49. The van der Waals surface area contributed by atoms with Gasteiger partial charge in [-0.3, -0.25) is 4.79 Å². The zero-order chi connectivity index (χ0) is 21.6. The average Bonchev–Trinajstić information content (AvgIpc) is 3.23. The molecule has 1 aliphatic rings. The SMILES string of the molecule is N#C/C(=C\c1cn(-c2ccccc2)nc1-c1ccc(Cl)cc1)C(=O)NC1CCCCC1. The van der Waals surface area contributed by atoms with Crippen molar-refractivity contribution in [3.63, 3.8) is 0 Å². The third-order valence-corrected chi connectivity index (χ3v) is 5.74. The minimum absolute atomic E-state index is 0.0772. The average molecular weight is 431 g/mol. The molecule has 1 aromatic heterocycles. The maximum Gasteiger partial charge on any atom is 0.262 e. The fourth-order valence-corrected chi connectivity index (χ4v) is 3.98. The topological polar surface area (TPSA) is 70.7 Å². The van der Waals surface area contributed by atoms with E-state index in [1.165, 1.54) is 6.42 Å². The van der Waals surface area contributed by atoms with Gasteiger partial charge in [0.1, 0.15) is 11.6 Å². The Morgan fingerprint density at radius 2 is 1.81 bits per heavy atom. The highest BCUT2D eigenvalue weighted by Gasteiger charge is 2.19. The number of para-hydroxylation sites is 1. The molecule has 1 heterocycles. The zero-order valence-corrected chi connectivity index (χ0v) is 17.8. The van der Waals surface area contributed by atoms with Gasteiger partial charge >= 0.3 is 0 Å². The number of nitriles is 1. The molecule has 31 heavy (non-hydrogen) atoms. The van der Waals surface area contributed by atoms with Crippen LogP contribution in [0.2, 0.25) is 5.02 Å². The smallest absolute Gasteiger partial charge is 0.262 e. The van der Waals surface area contributed by atoms with Crippen molar-refractivity contribution in [1.82, 2.24) is 15.1 Å². The molecule has 1 fully saturated rings. The molecule has 0 radical (unpaired) electrons. The summed E-state index contributed by atoms with van der Waals surface area (Å²) in [6, 6.07) is 19.3. The van der Waals surface area contributed by atoms with Crippen LogP contribution in [0.15, 0.2) is 66.4 Å². The van der Waals surface area contributed by atoms with E-state index in [2.05, 4.69) is 11.4 Å². The van der Waals surface area contributed by atoms with Crippen LogP contribution in [0.25, 0.3) is 23.0 Å². The van der Waals surface area contributed by atoms with Gasteiger partial charge in [0.25, 0.3) is 5.91 Å². The van der Waals surface area contributed by atoms with Crippen molar-refractivity contribution in [3.8, 4) is 23.0 Å². The van der Waals surface area contributed by atoms with Crippen molar-refractivity contribution in [3.05, 3.63) is 77.0 Å². The van der Waals surface area contributed by atoms with Crippen molar-refractivity contribution in [2.75, 3.05) is 0 Å². The van der Waals surface area contributed by atoms with Crippen LogP contribution < -0.4 is 5.32 Å². The lowest BCUT2D eigenvalue weighted by atomic mass is 9.95. The van der Waals surface area contributed by atoms with Gasteiger partial charge in [0, 0.05) is 28.4 Å². The third kappa shape index (κ3) is 5.04. The fourth-order valence-electron chi connectivity index (χ4n) is 3.85. The van der Waals surface area contributed by atoms with Crippen molar-refractivity contribution < 1.29 is 4.79 Å². The van der Waals surface area contributed by atoms with Gasteiger partial charge in [-0.2, -0.15) is 10.4 Å². The molecule has 0 atom stereocenters. The minimum Gasteiger partial charge on any atom is -0.349 e. The van der Waals surface area contributed by atoms with Crippen molar-refractivity contribution in [1.29, 1.82) is 5.26 Å². The highest BCUT2D eigenvalue weighted by Crippen LogP contribution is 2.27. The molecular formula is C25H23ClN4O. The molecule has 1 saturated carbocycles. The number of hydrogen-bond acceptors (Lipinski definition) is 3. The second-order valence-corrected chi connectivity index (χ2v) is 8.13. The summed E-state index contributed by atoms with van der Waals surface area (Å²) in [6.45, 7) is 0. The first-order valence-corrected chi connectivity index (χ1v) is 10.9. The van der Waals surface area contributed by atoms with E-state index in [-0.39, 0.29) is 17.5 Å². The van der Waals surface area contributed by atoms with Crippen molar-refractivity contribution in [2.45, 2.75) is 38.1 Å². The Morgan fingerprint density at radius 3 is 2.48 bits per heavy atom. The Hall–Kier alpha value is -3.36. The summed E-state index contributed by atoms with van der Waals surface area (Å²) in [7, 11) is 0. The van der Waals surface area contributed by atoms with Gasteiger partial charge in [-0.1, -0.05) is 61.2 Å². The van der Waals surface area contributed by atoms with Crippen LogP contribution in [0, 0.1) is 11.3 Å². The van der Waals surface area contributed by atoms with Crippen molar-refractivity contribution >= 4 is 23.6 Å². The molecule has 1 aliphatic carbocycles. The fraction of sp³-hybridized carbons (Fsp3) is 0.240. The lowest BCUT2D eigenvalue weighted by molar-refractivity contribution is -0.117. The number of nitrogens with one attached hydrogen (secondary N) is 1. The molecule has 5 nitrogen and oxygen atoms in total. The molecule has 4 rings (SSSR count). The molecule has 0 saturated heterocycles. The number of carbonyl (C=O) groups is 1. The number of carbonyl (C=O) groups excluding carboxylic acids is 1. The van der Waals surface area contributed by atoms with Crippen LogP contribution in [0.5, 0.6) is 0 Å². The summed E-state index contributed by atoms with van der Waals surface area (Å²) in [5, 5.41) is 18.1. The standard InChI is InChI=1S/C25H23ClN4O/c26-21-13-11-18(12-14-21)24-20(17-30(29-24)23-9-5-2-6-10-23)15-19(16-27)25(31)28-22-7-3-1-4-8-22/h2,5-6,9-15,17,22H,1,3-4,7-8H2,(H,28,31)/b19-15+. The Balaban J connectivity index is 1.70. The quantitative estimate of drug-likeness (QED) is 0.426. The van der Waals surface area contributed by atoms with Crippen LogP contribution >= 0.6 is 11.6 Å². The number of benzene rings is 2. The molecule has 1 amide bonds. The minimum atomic E-state index is -0.330. The zero-order valence-electron chi connectivity index (χ0n) is 17.1. The molecule has 0 bridgehead atoms. The van der Waals surface area contributed by atoms with E-state index in [0.29, 0.717) is 16.3 Å². The molecule has 0 aliphatic heterocycles. The molecule has 2 aromatic carbocycles. The Bertz CT molecular complexity index is 1120. The van der Waals surface area contributed by atoms with Crippen LogP contribution in [-0.2, 0) is 4.79 Å². The predicted octanol–water partition coefficient (Wildman–Crippen LogP) is 5.55. The Morgan fingerprint density at radius 1 is 1.10 bits per heavy atom. The maximum absolute atomic E-state index is 12.8. The summed E-state index contributed by atoms with van der Waals surface area (Å²) in [6.07, 6.45) is 8.82. The summed E-state index contributed by atoms with van der Waals surface area (Å²) >= 11 is 6.05. The van der Waals surface area contributed by atoms with Gasteiger partial charge < -0.3 is 5.32 Å². The molecule has 6 heteroatoms. The van der Waals surface area contributed by atoms with Crippen molar-refractivity contribution in [2.24, 2.45) is 0 Å². The summed E-state index contributed by atoms with van der Waals surface area (Å²) in [5.41, 5.74) is 3.20. The second kappa shape index (κ2) is 9.63. The summed E-state index contributed by atoms with van der Waals surface area (Å²) in [4.78, 5) is 12.8. The van der Waals surface area contributed by atoms with Crippen LogP contribution in [0.1, 0.15) is 37.7 Å². The van der Waals surface area contributed by atoms with Crippen LogP contribution in [0.4, 0.5) is 0 Å². The highest BCUT2D eigenvalue weighted by molar-refractivity contribution is 6.30. The summed E-state index contributed by atoms with van der Waals surface area (Å²) in [5.74, 6) is -0.330. The first-order chi connectivity index (χ1) is 15.1. The predicted molar refractivity (Wildman–Crippen MR) is 123 cm³/mol. The van der Waals surface area contributed by atoms with Crippen LogP contribution in [-0.4, -0.2) is 21.7 Å².